The molecule has 0 aliphatic rings. The van der Waals surface area contributed by atoms with Crippen molar-refractivity contribution in [3.63, 3.8) is 0 Å². The van der Waals surface area contributed by atoms with Gasteiger partial charge in [-0.25, -0.2) is 0 Å². The van der Waals surface area contributed by atoms with Gasteiger partial charge in [-0.15, -0.1) is 0 Å². The van der Waals surface area contributed by atoms with Crippen molar-refractivity contribution in [3.8, 4) is 33.4 Å². The van der Waals surface area contributed by atoms with Crippen LogP contribution >= 0.6 is 0 Å². The van der Waals surface area contributed by atoms with E-state index >= 15 is 0 Å². The van der Waals surface area contributed by atoms with Crippen molar-refractivity contribution < 1.29 is 0 Å². The van der Waals surface area contributed by atoms with Crippen LogP contribution in [0.25, 0.3) is 33.4 Å². The van der Waals surface area contributed by atoms with Gasteiger partial charge >= 0.3 is 0 Å². The van der Waals surface area contributed by atoms with Crippen molar-refractivity contribution in [1.29, 1.82) is 0 Å². The van der Waals surface area contributed by atoms with Crippen LogP contribution in [0.15, 0.2) is 194 Å². The average Bonchev–Trinajstić information content (AvgIpc) is 3.21. The van der Waals surface area contributed by atoms with E-state index in [1.54, 1.807) is 0 Å². The minimum absolute atomic E-state index is 1.28. The first kappa shape index (κ1) is 44.5. The van der Waals surface area contributed by atoms with E-state index in [0.29, 0.717) is 0 Å². The summed E-state index contributed by atoms with van der Waals surface area (Å²) < 4.78 is 0. The van der Waals surface area contributed by atoms with E-state index in [1.165, 1.54) is 89.0 Å². The van der Waals surface area contributed by atoms with Crippen molar-refractivity contribution in [2.75, 3.05) is 0 Å². The molecule has 8 aromatic carbocycles. The third kappa shape index (κ3) is 15.0. The summed E-state index contributed by atoms with van der Waals surface area (Å²) in [7, 11) is 0. The van der Waals surface area contributed by atoms with Gasteiger partial charge in [0, 0.05) is 0 Å². The highest BCUT2D eigenvalue weighted by Gasteiger charge is 2.08. The highest BCUT2D eigenvalue weighted by molar-refractivity contribution is 5.76. The summed E-state index contributed by atoms with van der Waals surface area (Å²) in [5, 5.41) is 0. The standard InChI is InChI=1S/C20H18.C14H14.3C8H10/c1-15-13-19(17-9-5-3-6-10-17)14-16(2)20(15)18-11-7-4-8-12-18;1-11-8-12(2)10-14(9-11)13-6-4-3-5-7-13;1-7-3-5-8(2)6-4-7;1-7-4-3-5-8(2)6-7;1-7-5-3-4-6-8(7)2/h3-14H,1-2H3;3-10H,1-2H3;3*3-6H,1-2H3. The quantitative estimate of drug-likeness (QED) is 0.168. The molecule has 0 atom stereocenters. The lowest BCUT2D eigenvalue weighted by atomic mass is 9.91. The predicted molar refractivity (Wildman–Crippen MR) is 256 cm³/mol. The van der Waals surface area contributed by atoms with Gasteiger partial charge in [-0.3, -0.25) is 0 Å². The third-order valence-corrected chi connectivity index (χ3v) is 9.85. The molecule has 0 saturated heterocycles. The van der Waals surface area contributed by atoms with E-state index in [2.05, 4.69) is 257 Å². The maximum Gasteiger partial charge on any atom is -0.0125 e. The SMILES string of the molecule is Cc1cc(-c2ccccc2)cc(C)c1-c1ccccc1.Cc1cc(C)cc(-c2ccccc2)c1.Cc1ccc(C)cc1.Cc1cccc(C)c1.Cc1ccccc1C. The minimum atomic E-state index is 1.28. The van der Waals surface area contributed by atoms with Crippen LogP contribution in [0.3, 0.4) is 0 Å². The van der Waals surface area contributed by atoms with Crippen molar-refractivity contribution >= 4 is 0 Å². The molecule has 0 aromatic heterocycles. The Balaban J connectivity index is 0.000000171. The van der Waals surface area contributed by atoms with Crippen molar-refractivity contribution in [2.45, 2.75) is 69.2 Å². The van der Waals surface area contributed by atoms with Crippen LogP contribution in [0.5, 0.6) is 0 Å². The van der Waals surface area contributed by atoms with Gasteiger partial charge in [0.2, 0.25) is 0 Å². The van der Waals surface area contributed by atoms with Gasteiger partial charge in [0.1, 0.15) is 0 Å². The largest absolute Gasteiger partial charge is 0.0622 e. The second-order valence-electron chi connectivity index (χ2n) is 15.4. The molecule has 0 unspecified atom stereocenters. The van der Waals surface area contributed by atoms with Crippen molar-refractivity contribution in [3.05, 3.63) is 250 Å². The van der Waals surface area contributed by atoms with E-state index in [9.17, 15) is 0 Å². The average molecular weight is 759 g/mol. The zero-order valence-electron chi connectivity index (χ0n) is 36.5. The fourth-order valence-corrected chi connectivity index (χ4v) is 6.70. The van der Waals surface area contributed by atoms with Crippen molar-refractivity contribution in [1.82, 2.24) is 0 Å². The summed E-state index contributed by atoms with van der Waals surface area (Å²) >= 11 is 0. The zero-order chi connectivity index (χ0) is 41.9. The number of hydrogen-bond acceptors (Lipinski definition) is 0. The number of hydrogen-bond donors (Lipinski definition) is 0. The molecule has 0 bridgehead atoms. The second kappa shape index (κ2) is 23.1. The first-order valence-electron chi connectivity index (χ1n) is 20.3. The molecule has 8 aromatic rings. The Morgan fingerprint density at radius 2 is 0.517 bits per heavy atom. The van der Waals surface area contributed by atoms with Crippen LogP contribution in [0.2, 0.25) is 0 Å². The molecule has 0 N–H and O–H groups in total. The fraction of sp³-hybridized carbons (Fsp3) is 0.172. The van der Waals surface area contributed by atoms with Gasteiger partial charge in [-0.1, -0.05) is 228 Å². The molecule has 0 saturated carbocycles. The lowest BCUT2D eigenvalue weighted by Crippen LogP contribution is -1.90. The Kier molecular flexibility index (Phi) is 17.7. The molecule has 0 spiro atoms. The van der Waals surface area contributed by atoms with Crippen LogP contribution in [0, 0.1) is 69.2 Å². The summed E-state index contributed by atoms with van der Waals surface area (Å²) in [6.45, 7) is 21.3. The Labute approximate surface area is 351 Å². The molecule has 0 amide bonds. The van der Waals surface area contributed by atoms with Gasteiger partial charge < -0.3 is 0 Å². The predicted octanol–water partition coefficient (Wildman–Crippen LogP) is 16.5. The monoisotopic (exact) mass is 758 g/mol. The minimum Gasteiger partial charge on any atom is -0.0622 e. The van der Waals surface area contributed by atoms with Crippen LogP contribution < -0.4 is 0 Å². The molecule has 58 heavy (non-hydrogen) atoms. The summed E-state index contributed by atoms with van der Waals surface area (Å²) in [4.78, 5) is 0. The lowest BCUT2D eigenvalue weighted by molar-refractivity contribution is 1.34. The van der Waals surface area contributed by atoms with Crippen LogP contribution in [0.1, 0.15) is 55.6 Å². The molecular formula is C58H62. The Hall–Kier alpha value is -6.24. The molecule has 294 valence electrons. The van der Waals surface area contributed by atoms with E-state index in [-0.39, 0.29) is 0 Å². The summed E-state index contributed by atoms with van der Waals surface area (Å²) in [6, 6.07) is 68.2. The van der Waals surface area contributed by atoms with Crippen molar-refractivity contribution in [2.24, 2.45) is 0 Å². The molecule has 0 fully saturated rings. The van der Waals surface area contributed by atoms with Gasteiger partial charge in [-0.2, -0.15) is 0 Å². The van der Waals surface area contributed by atoms with E-state index < -0.39 is 0 Å². The second-order valence-corrected chi connectivity index (χ2v) is 15.4. The van der Waals surface area contributed by atoms with E-state index in [0.717, 1.165) is 0 Å². The maximum atomic E-state index is 2.28. The number of rotatable bonds is 3. The van der Waals surface area contributed by atoms with Gasteiger partial charge in [-0.05, 0) is 125 Å². The molecule has 0 aliphatic carbocycles. The van der Waals surface area contributed by atoms with Crippen LogP contribution in [-0.4, -0.2) is 0 Å². The molecular weight excluding hydrogens is 697 g/mol. The van der Waals surface area contributed by atoms with Crippen LogP contribution in [0.4, 0.5) is 0 Å². The summed E-state index contributed by atoms with van der Waals surface area (Å²) in [5.74, 6) is 0. The molecule has 0 nitrogen and oxygen atoms in total. The van der Waals surface area contributed by atoms with Gasteiger partial charge in [0.05, 0.1) is 0 Å². The molecule has 0 aliphatic heterocycles. The fourth-order valence-electron chi connectivity index (χ4n) is 6.70. The Morgan fingerprint density at radius 3 is 0.862 bits per heavy atom. The first-order valence-corrected chi connectivity index (χ1v) is 20.3. The molecule has 8 rings (SSSR count). The summed E-state index contributed by atoms with van der Waals surface area (Å²) in [6.07, 6.45) is 0. The van der Waals surface area contributed by atoms with E-state index in [1.807, 2.05) is 6.07 Å². The van der Waals surface area contributed by atoms with Gasteiger partial charge in [0.25, 0.3) is 0 Å². The lowest BCUT2D eigenvalue weighted by Gasteiger charge is -2.13. The zero-order valence-corrected chi connectivity index (χ0v) is 36.5. The number of benzene rings is 8. The first-order chi connectivity index (χ1) is 27.9. The normalized spacial score (nSPS) is 9.90. The molecule has 0 radical (unpaired) electrons. The third-order valence-electron chi connectivity index (χ3n) is 9.85. The van der Waals surface area contributed by atoms with E-state index in [4.69, 9.17) is 0 Å². The topological polar surface area (TPSA) is 0 Å². The molecule has 0 heteroatoms. The van der Waals surface area contributed by atoms with Crippen LogP contribution in [-0.2, 0) is 0 Å². The number of aryl methyl sites for hydroxylation is 10. The van der Waals surface area contributed by atoms with Gasteiger partial charge in [0.15, 0.2) is 0 Å². The summed E-state index contributed by atoms with van der Waals surface area (Å²) in [5.41, 5.74) is 21.2. The smallest absolute Gasteiger partial charge is 0.0125 e. The Bertz CT molecular complexity index is 2300. The highest BCUT2D eigenvalue weighted by atomic mass is 14.1. The highest BCUT2D eigenvalue weighted by Crippen LogP contribution is 2.32. The maximum absolute atomic E-state index is 2.28. The molecule has 0 heterocycles. The Morgan fingerprint density at radius 1 is 0.190 bits per heavy atom.